The molecule has 0 amide bonds. The van der Waals surface area contributed by atoms with E-state index in [1.165, 1.54) is 6.07 Å². The standard InChI is InChI=1S/C14H12O4S/c15-19(16,17)18-14-9-5-4-8-13(14)11-10-12-6-2-1-3-7-12/h1-11H,(H,15,16,17)/b11-10+. The Morgan fingerprint density at radius 1 is 0.895 bits per heavy atom. The van der Waals surface area contributed by atoms with E-state index in [2.05, 4.69) is 4.18 Å². The third kappa shape index (κ3) is 4.24. The van der Waals surface area contributed by atoms with Gasteiger partial charge >= 0.3 is 10.4 Å². The fraction of sp³-hybridized carbons (Fsp3) is 0. The zero-order valence-corrected chi connectivity index (χ0v) is 10.7. The Kier molecular flexibility index (Phi) is 3.99. The lowest BCUT2D eigenvalue weighted by Crippen LogP contribution is -2.07. The quantitative estimate of drug-likeness (QED) is 0.688. The summed E-state index contributed by atoms with van der Waals surface area (Å²) < 4.78 is 34.7. The van der Waals surface area contributed by atoms with Crippen LogP contribution in [0.1, 0.15) is 11.1 Å². The molecule has 19 heavy (non-hydrogen) atoms. The van der Waals surface area contributed by atoms with Crippen molar-refractivity contribution < 1.29 is 17.2 Å². The van der Waals surface area contributed by atoms with Gasteiger partial charge in [-0.15, -0.1) is 0 Å². The molecular formula is C14H12O4S. The molecule has 0 radical (unpaired) electrons. The van der Waals surface area contributed by atoms with Gasteiger partial charge < -0.3 is 4.18 Å². The summed E-state index contributed by atoms with van der Waals surface area (Å²) in [6.07, 6.45) is 3.54. The predicted octanol–water partition coefficient (Wildman–Crippen LogP) is 3.04. The van der Waals surface area contributed by atoms with Crippen LogP contribution in [0.4, 0.5) is 0 Å². The second kappa shape index (κ2) is 5.69. The van der Waals surface area contributed by atoms with Crippen molar-refractivity contribution in [3.63, 3.8) is 0 Å². The Morgan fingerprint density at radius 3 is 2.21 bits per heavy atom. The molecule has 2 rings (SSSR count). The summed E-state index contributed by atoms with van der Waals surface area (Å²) in [6, 6.07) is 16.1. The van der Waals surface area contributed by atoms with E-state index in [0.717, 1.165) is 5.56 Å². The molecule has 0 aliphatic rings. The number of rotatable bonds is 4. The van der Waals surface area contributed by atoms with E-state index in [4.69, 9.17) is 4.55 Å². The van der Waals surface area contributed by atoms with Crippen LogP contribution in [0, 0.1) is 0 Å². The molecule has 0 unspecified atom stereocenters. The highest BCUT2D eigenvalue weighted by Gasteiger charge is 2.09. The monoisotopic (exact) mass is 276 g/mol. The minimum atomic E-state index is -4.52. The normalized spacial score (nSPS) is 11.6. The van der Waals surface area contributed by atoms with E-state index in [0.29, 0.717) is 5.56 Å². The van der Waals surface area contributed by atoms with Crippen LogP contribution in [0.5, 0.6) is 5.75 Å². The number of hydrogen-bond acceptors (Lipinski definition) is 3. The Hall–Kier alpha value is -2.11. The zero-order chi connectivity index (χ0) is 13.7. The fourth-order valence-corrected chi connectivity index (χ4v) is 1.94. The van der Waals surface area contributed by atoms with E-state index in [-0.39, 0.29) is 5.75 Å². The molecule has 0 heterocycles. The Balaban J connectivity index is 2.28. The lowest BCUT2D eigenvalue weighted by atomic mass is 10.1. The van der Waals surface area contributed by atoms with Crippen molar-refractivity contribution in [2.45, 2.75) is 0 Å². The predicted molar refractivity (Wildman–Crippen MR) is 74.0 cm³/mol. The Morgan fingerprint density at radius 2 is 1.53 bits per heavy atom. The average Bonchev–Trinajstić information content (AvgIpc) is 2.37. The molecule has 2 aromatic rings. The van der Waals surface area contributed by atoms with E-state index < -0.39 is 10.4 Å². The number of para-hydroxylation sites is 1. The van der Waals surface area contributed by atoms with Gasteiger partial charge in [0.25, 0.3) is 0 Å². The summed E-state index contributed by atoms with van der Waals surface area (Å²) >= 11 is 0. The van der Waals surface area contributed by atoms with E-state index in [1.807, 2.05) is 36.4 Å². The number of hydrogen-bond donors (Lipinski definition) is 1. The fourth-order valence-electron chi connectivity index (χ4n) is 1.56. The lowest BCUT2D eigenvalue weighted by Gasteiger charge is -2.04. The summed E-state index contributed by atoms with van der Waals surface area (Å²) in [5.74, 6) is 0.0807. The van der Waals surface area contributed by atoms with Crippen LogP contribution in [0.2, 0.25) is 0 Å². The van der Waals surface area contributed by atoms with Crippen LogP contribution >= 0.6 is 0 Å². The molecule has 0 spiro atoms. The first-order valence-corrected chi connectivity index (χ1v) is 6.90. The van der Waals surface area contributed by atoms with Crippen molar-refractivity contribution in [1.29, 1.82) is 0 Å². The highest BCUT2D eigenvalue weighted by molar-refractivity contribution is 7.81. The minimum Gasteiger partial charge on any atom is -0.361 e. The molecule has 1 N–H and O–H groups in total. The molecule has 4 nitrogen and oxygen atoms in total. The van der Waals surface area contributed by atoms with Gasteiger partial charge in [0.15, 0.2) is 5.75 Å². The molecule has 0 bridgehead atoms. The first-order chi connectivity index (χ1) is 9.04. The second-order valence-corrected chi connectivity index (χ2v) is 4.82. The SMILES string of the molecule is O=S(=O)(O)Oc1ccccc1/C=C/c1ccccc1. The maximum atomic E-state index is 10.7. The minimum absolute atomic E-state index is 0.0807. The first kappa shape index (κ1) is 13.3. The van der Waals surface area contributed by atoms with Gasteiger partial charge in [-0.25, -0.2) is 0 Å². The topological polar surface area (TPSA) is 63.6 Å². The summed E-state index contributed by atoms with van der Waals surface area (Å²) in [5.41, 5.74) is 1.54. The molecule has 0 aliphatic carbocycles. The van der Waals surface area contributed by atoms with Crippen LogP contribution in [0.25, 0.3) is 12.2 Å². The smallest absolute Gasteiger partial charge is 0.361 e. The van der Waals surface area contributed by atoms with Gasteiger partial charge in [-0.3, -0.25) is 4.55 Å². The Labute approximate surface area is 111 Å². The largest absolute Gasteiger partial charge is 0.446 e. The zero-order valence-electron chi connectivity index (χ0n) is 9.93. The molecule has 0 aromatic heterocycles. The second-order valence-electron chi connectivity index (χ2n) is 3.79. The summed E-state index contributed by atoms with van der Waals surface area (Å²) in [6.45, 7) is 0. The van der Waals surface area contributed by atoms with E-state index >= 15 is 0 Å². The van der Waals surface area contributed by atoms with Crippen molar-refractivity contribution in [1.82, 2.24) is 0 Å². The molecule has 98 valence electrons. The van der Waals surface area contributed by atoms with Crippen molar-refractivity contribution in [3.05, 3.63) is 65.7 Å². The van der Waals surface area contributed by atoms with Crippen molar-refractivity contribution >= 4 is 22.6 Å². The summed E-state index contributed by atoms with van der Waals surface area (Å²) in [7, 11) is -4.52. The van der Waals surface area contributed by atoms with Gasteiger partial charge in [0.1, 0.15) is 0 Å². The van der Waals surface area contributed by atoms with E-state index in [1.54, 1.807) is 24.3 Å². The number of benzene rings is 2. The summed E-state index contributed by atoms with van der Waals surface area (Å²) in [5, 5.41) is 0. The third-order valence-corrected chi connectivity index (χ3v) is 2.76. The molecular weight excluding hydrogens is 264 g/mol. The van der Waals surface area contributed by atoms with Gasteiger partial charge in [0.05, 0.1) is 0 Å². The van der Waals surface area contributed by atoms with Crippen LogP contribution in [-0.4, -0.2) is 13.0 Å². The third-order valence-electron chi connectivity index (χ3n) is 2.37. The van der Waals surface area contributed by atoms with Crippen LogP contribution in [-0.2, 0) is 10.4 Å². The molecule has 0 fully saturated rings. The van der Waals surface area contributed by atoms with Crippen molar-refractivity contribution in [2.75, 3.05) is 0 Å². The van der Waals surface area contributed by atoms with Gasteiger partial charge in [0.2, 0.25) is 0 Å². The van der Waals surface area contributed by atoms with Crippen molar-refractivity contribution in [2.24, 2.45) is 0 Å². The first-order valence-electron chi connectivity index (χ1n) is 5.54. The molecule has 0 atom stereocenters. The highest BCUT2D eigenvalue weighted by Crippen LogP contribution is 2.21. The Bertz CT molecular complexity index is 676. The van der Waals surface area contributed by atoms with Crippen LogP contribution in [0.15, 0.2) is 54.6 Å². The molecule has 2 aromatic carbocycles. The molecule has 5 heteroatoms. The molecule has 0 saturated heterocycles. The van der Waals surface area contributed by atoms with Gasteiger partial charge in [-0.05, 0) is 11.6 Å². The van der Waals surface area contributed by atoms with Crippen molar-refractivity contribution in [3.8, 4) is 5.75 Å². The average molecular weight is 276 g/mol. The highest BCUT2D eigenvalue weighted by atomic mass is 32.3. The van der Waals surface area contributed by atoms with Gasteiger partial charge in [-0.1, -0.05) is 60.7 Å². The van der Waals surface area contributed by atoms with Crippen LogP contribution in [0.3, 0.4) is 0 Å². The maximum absolute atomic E-state index is 10.7. The molecule has 0 saturated carbocycles. The molecule has 0 aliphatic heterocycles. The van der Waals surface area contributed by atoms with Gasteiger partial charge in [0, 0.05) is 5.56 Å². The lowest BCUT2D eigenvalue weighted by molar-refractivity contribution is 0.386. The maximum Gasteiger partial charge on any atom is 0.446 e. The van der Waals surface area contributed by atoms with Gasteiger partial charge in [-0.2, -0.15) is 8.42 Å². The van der Waals surface area contributed by atoms with Crippen LogP contribution < -0.4 is 4.18 Å². The van der Waals surface area contributed by atoms with E-state index in [9.17, 15) is 8.42 Å². The summed E-state index contributed by atoms with van der Waals surface area (Å²) in [4.78, 5) is 0.